The number of H-pyrrole nitrogens is 2. The van der Waals surface area contributed by atoms with Gasteiger partial charge in [0.2, 0.25) is 0 Å². The van der Waals surface area contributed by atoms with Crippen molar-refractivity contribution in [2.24, 2.45) is 11.8 Å². The first kappa shape index (κ1) is 50.3. The van der Waals surface area contributed by atoms with Gasteiger partial charge in [0, 0.05) is 46.0 Å². The van der Waals surface area contributed by atoms with Gasteiger partial charge in [0.25, 0.3) is 5.91 Å². The largest absolute Gasteiger partial charge is 0.497 e. The highest BCUT2D eigenvalue weighted by Crippen LogP contribution is 2.47. The monoisotopic (exact) mass is 925 g/mol. The third kappa shape index (κ3) is 12.5. The standard InChI is InChI=1S/C28H35N3O2.C19H30N2O.C9H7NO2.CH4/c1-3-30(27(32)26-18-23-8-4-5-10-25(23)29-26)20-21-11-15-31(16-12-21)28(13-14-28)19-22-7-6-9-24(17-22)33-2;1-3-20-15-16-7-11-21(12-8-16)19(9-10-19)14-17-5-4-6-18(13-17)22-2;11-9(12)8-5-6-3-1-2-4-7(6)10-8;/h4-10,17-18,21,29H,3,11-16,19-20H2,1-2H3;4-6,13,16,20H,3,7-12,14-15H2,1-2H3;1-5,10H,(H,11,12);1H4. The Hall–Kier alpha value is -5.62. The molecular formula is C57H76N6O5. The number of ether oxygens (including phenoxy) is 2. The number of carboxylic acids is 1. The molecule has 4 aromatic carbocycles. The number of para-hydroxylation sites is 2. The van der Waals surface area contributed by atoms with Crippen LogP contribution in [0.4, 0.5) is 0 Å². The fraction of sp³-hybridized carbons (Fsp3) is 0.474. The molecule has 364 valence electrons. The van der Waals surface area contributed by atoms with Gasteiger partial charge in [0.05, 0.1) is 14.2 Å². The molecule has 2 aromatic heterocycles. The maximum Gasteiger partial charge on any atom is 0.352 e. The Kier molecular flexibility index (Phi) is 17.1. The van der Waals surface area contributed by atoms with Crippen LogP contribution in [0.1, 0.15) is 105 Å². The molecule has 0 unspecified atom stereocenters. The number of carboxylic acid groups (broad SMARTS) is 1. The zero-order valence-electron chi connectivity index (χ0n) is 40.2. The van der Waals surface area contributed by atoms with Crippen molar-refractivity contribution in [3.8, 4) is 11.5 Å². The molecule has 6 aromatic rings. The zero-order valence-corrected chi connectivity index (χ0v) is 40.2. The minimum Gasteiger partial charge on any atom is -0.497 e. The van der Waals surface area contributed by atoms with Crippen molar-refractivity contribution in [3.63, 3.8) is 0 Å². The lowest BCUT2D eigenvalue weighted by Crippen LogP contribution is -2.46. The highest BCUT2D eigenvalue weighted by atomic mass is 16.5. The molecule has 2 saturated carbocycles. The molecule has 4 fully saturated rings. The van der Waals surface area contributed by atoms with E-state index in [4.69, 9.17) is 14.6 Å². The van der Waals surface area contributed by atoms with E-state index in [2.05, 4.69) is 75.3 Å². The van der Waals surface area contributed by atoms with Crippen LogP contribution >= 0.6 is 0 Å². The Morgan fingerprint density at radius 3 is 1.57 bits per heavy atom. The molecule has 2 aliphatic carbocycles. The minimum atomic E-state index is -0.925. The third-order valence-electron chi connectivity index (χ3n) is 14.9. The Labute approximate surface area is 404 Å². The summed E-state index contributed by atoms with van der Waals surface area (Å²) in [4.78, 5) is 37.3. The number of benzene rings is 4. The van der Waals surface area contributed by atoms with Gasteiger partial charge in [-0.1, -0.05) is 75.0 Å². The van der Waals surface area contributed by atoms with Gasteiger partial charge in [-0.2, -0.15) is 0 Å². The van der Waals surface area contributed by atoms with Crippen molar-refractivity contribution in [1.82, 2.24) is 30.0 Å². The second-order valence-electron chi connectivity index (χ2n) is 19.4. The summed E-state index contributed by atoms with van der Waals surface area (Å²) in [5, 5.41) is 14.2. The first-order valence-electron chi connectivity index (χ1n) is 24.8. The quantitative estimate of drug-likeness (QED) is 0.0756. The number of rotatable bonds is 16. The minimum absolute atomic E-state index is 0. The van der Waals surface area contributed by atoms with Crippen molar-refractivity contribution in [3.05, 3.63) is 132 Å². The number of likely N-dealkylation sites (tertiary alicyclic amines) is 2. The molecule has 2 saturated heterocycles. The lowest BCUT2D eigenvalue weighted by molar-refractivity contribution is 0.0653. The van der Waals surface area contributed by atoms with E-state index >= 15 is 0 Å². The van der Waals surface area contributed by atoms with Crippen LogP contribution in [0.2, 0.25) is 0 Å². The maximum atomic E-state index is 13.2. The number of aromatic amines is 2. The number of hydrogen-bond donors (Lipinski definition) is 4. The van der Waals surface area contributed by atoms with E-state index in [1.54, 1.807) is 20.3 Å². The Balaban J connectivity index is 0.000000168. The Morgan fingerprint density at radius 1 is 0.662 bits per heavy atom. The number of fused-ring (bicyclic) bond motifs is 2. The molecule has 0 atom stereocenters. The molecule has 68 heavy (non-hydrogen) atoms. The van der Waals surface area contributed by atoms with Crippen LogP contribution in [0.25, 0.3) is 21.8 Å². The normalized spacial score (nSPS) is 17.8. The third-order valence-corrected chi connectivity index (χ3v) is 14.9. The van der Waals surface area contributed by atoms with Crippen molar-refractivity contribution in [1.29, 1.82) is 0 Å². The van der Waals surface area contributed by atoms with E-state index in [0.717, 1.165) is 91.2 Å². The average Bonchev–Trinajstić information content (AvgIpc) is 4.23. The number of amides is 1. The molecule has 0 radical (unpaired) electrons. The fourth-order valence-electron chi connectivity index (χ4n) is 10.6. The summed E-state index contributed by atoms with van der Waals surface area (Å²) in [5.41, 5.74) is 6.40. The number of carbonyl (C=O) groups is 2. The lowest BCUT2D eigenvalue weighted by atomic mass is 9.92. The van der Waals surface area contributed by atoms with Gasteiger partial charge in [-0.3, -0.25) is 14.6 Å². The lowest BCUT2D eigenvalue weighted by Gasteiger charge is -2.39. The molecule has 11 heteroatoms. The summed E-state index contributed by atoms with van der Waals surface area (Å²) in [7, 11) is 3.49. The molecule has 4 aliphatic rings. The number of nitrogens with one attached hydrogen (secondary N) is 3. The van der Waals surface area contributed by atoms with Crippen molar-refractivity contribution in [2.45, 2.75) is 96.6 Å². The average molecular weight is 925 g/mol. The van der Waals surface area contributed by atoms with Crippen LogP contribution in [0, 0.1) is 11.8 Å². The highest BCUT2D eigenvalue weighted by molar-refractivity contribution is 5.98. The smallest absolute Gasteiger partial charge is 0.352 e. The van der Waals surface area contributed by atoms with Crippen molar-refractivity contribution in [2.75, 3.05) is 66.6 Å². The Bertz CT molecular complexity index is 2480. The molecular weight excluding hydrogens is 849 g/mol. The van der Waals surface area contributed by atoms with Crippen LogP contribution in [-0.4, -0.2) is 119 Å². The molecule has 4 heterocycles. The second-order valence-corrected chi connectivity index (χ2v) is 19.4. The SMILES string of the molecule is C.CCN(CC1CCN(C2(Cc3cccc(OC)c3)CC2)CC1)C(=O)c1cc2ccccc2[nH]1.CCNCC1CCN(C2(Cc3cccc(OC)c3)CC2)CC1.O=C(O)c1cc2ccccc2[nH]1. The van der Waals surface area contributed by atoms with E-state index in [1.807, 2.05) is 71.6 Å². The predicted molar refractivity (Wildman–Crippen MR) is 276 cm³/mol. The van der Waals surface area contributed by atoms with Gasteiger partial charge < -0.3 is 34.8 Å². The van der Waals surface area contributed by atoms with Crippen LogP contribution < -0.4 is 14.8 Å². The van der Waals surface area contributed by atoms with Gasteiger partial charge in [0.1, 0.15) is 22.9 Å². The summed E-state index contributed by atoms with van der Waals surface area (Å²) < 4.78 is 10.8. The van der Waals surface area contributed by atoms with Gasteiger partial charge in [0.15, 0.2) is 0 Å². The number of aromatic carboxylic acids is 1. The zero-order chi connectivity index (χ0) is 46.8. The molecule has 0 bridgehead atoms. The molecule has 10 rings (SSSR count). The molecule has 1 amide bonds. The fourth-order valence-corrected chi connectivity index (χ4v) is 10.6. The number of nitrogens with zero attached hydrogens (tertiary/aromatic N) is 3. The topological polar surface area (TPSA) is 126 Å². The molecule has 11 nitrogen and oxygen atoms in total. The van der Waals surface area contributed by atoms with Gasteiger partial charge in [-0.15, -0.1) is 0 Å². The van der Waals surface area contributed by atoms with Crippen molar-refractivity contribution >= 4 is 33.7 Å². The van der Waals surface area contributed by atoms with Gasteiger partial charge in [-0.25, -0.2) is 4.79 Å². The maximum absolute atomic E-state index is 13.2. The number of aromatic nitrogens is 2. The van der Waals surface area contributed by atoms with Gasteiger partial charge >= 0.3 is 5.97 Å². The number of hydrogen-bond acceptors (Lipinski definition) is 7. The predicted octanol–water partition coefficient (Wildman–Crippen LogP) is 10.7. The number of carbonyl (C=O) groups excluding carboxylic acids is 1. The second kappa shape index (κ2) is 23.1. The summed E-state index contributed by atoms with van der Waals surface area (Å²) in [6.07, 6.45) is 12.6. The van der Waals surface area contributed by atoms with E-state index < -0.39 is 5.97 Å². The van der Waals surface area contributed by atoms with Crippen molar-refractivity contribution < 1.29 is 24.2 Å². The molecule has 4 N–H and O–H groups in total. The van der Waals surface area contributed by atoms with Gasteiger partial charge in [-0.05, 0) is 182 Å². The number of methoxy groups -OCH3 is 2. The molecule has 0 spiro atoms. The summed E-state index contributed by atoms with van der Waals surface area (Å²) >= 11 is 0. The summed E-state index contributed by atoms with van der Waals surface area (Å²) in [6.45, 7) is 13.0. The van der Waals surface area contributed by atoms with E-state index in [-0.39, 0.29) is 19.0 Å². The summed E-state index contributed by atoms with van der Waals surface area (Å²) in [5.74, 6) is 2.57. The van der Waals surface area contributed by atoms with E-state index in [1.165, 1.54) is 75.7 Å². The van der Waals surface area contributed by atoms with E-state index in [9.17, 15) is 9.59 Å². The van der Waals surface area contributed by atoms with E-state index in [0.29, 0.717) is 22.7 Å². The summed E-state index contributed by atoms with van der Waals surface area (Å²) in [6, 6.07) is 36.3. The van der Waals surface area contributed by atoms with Crippen LogP contribution in [0.15, 0.2) is 109 Å². The Morgan fingerprint density at radius 2 is 1.13 bits per heavy atom. The van der Waals surface area contributed by atoms with Crippen LogP contribution in [0.3, 0.4) is 0 Å². The first-order chi connectivity index (χ1) is 32.6. The van der Waals surface area contributed by atoms with Crippen LogP contribution in [-0.2, 0) is 12.8 Å². The number of piperidine rings is 2. The highest BCUT2D eigenvalue weighted by Gasteiger charge is 2.49. The molecule has 2 aliphatic heterocycles. The van der Waals surface area contributed by atoms with Crippen LogP contribution in [0.5, 0.6) is 11.5 Å². The first-order valence-corrected chi connectivity index (χ1v) is 24.8.